The van der Waals surface area contributed by atoms with E-state index < -0.39 is 0 Å². The van der Waals surface area contributed by atoms with E-state index in [0.717, 1.165) is 6.42 Å². The summed E-state index contributed by atoms with van der Waals surface area (Å²) in [6.45, 7) is 4.54. The lowest BCUT2D eigenvalue weighted by atomic mass is 10.1. The number of amides is 2. The van der Waals surface area contributed by atoms with E-state index in [0.29, 0.717) is 13.0 Å². The third-order valence-electron chi connectivity index (χ3n) is 3.03. The molecule has 0 aromatic carbocycles. The fourth-order valence-corrected chi connectivity index (χ4v) is 1.66. The van der Waals surface area contributed by atoms with Crippen LogP contribution in [0.5, 0.6) is 0 Å². The van der Waals surface area contributed by atoms with Crippen molar-refractivity contribution in [3.8, 4) is 0 Å². The highest BCUT2D eigenvalue weighted by molar-refractivity contribution is 5.85. The van der Waals surface area contributed by atoms with Crippen LogP contribution in [0.1, 0.15) is 26.7 Å². The van der Waals surface area contributed by atoms with E-state index in [1.807, 2.05) is 13.8 Å². The molecule has 0 radical (unpaired) electrons. The Morgan fingerprint density at radius 1 is 1.62 bits per heavy atom. The van der Waals surface area contributed by atoms with Crippen LogP contribution in [0.2, 0.25) is 0 Å². The molecule has 0 bridgehead atoms. The summed E-state index contributed by atoms with van der Waals surface area (Å²) in [6.07, 6.45) is 1.18. The van der Waals surface area contributed by atoms with Crippen molar-refractivity contribution in [2.45, 2.75) is 38.8 Å². The first-order valence-corrected chi connectivity index (χ1v) is 5.70. The van der Waals surface area contributed by atoms with Crippen LogP contribution in [-0.4, -0.2) is 53.8 Å². The van der Waals surface area contributed by atoms with Gasteiger partial charge < -0.3 is 15.5 Å². The molecule has 2 amide bonds. The van der Waals surface area contributed by atoms with Gasteiger partial charge in [0.05, 0.1) is 6.54 Å². The van der Waals surface area contributed by atoms with Gasteiger partial charge in [-0.05, 0) is 20.3 Å². The predicted octanol–water partition coefficient (Wildman–Crippen LogP) is -0.197. The molecule has 16 heavy (non-hydrogen) atoms. The zero-order chi connectivity index (χ0) is 12.3. The molecule has 1 saturated heterocycles. The Balaban J connectivity index is 2.52. The first-order valence-electron chi connectivity index (χ1n) is 5.70. The molecule has 2 N–H and O–H groups in total. The lowest BCUT2D eigenvalue weighted by Crippen LogP contribution is -2.50. The number of carbonyl (C=O) groups excluding carboxylic acids is 2. The second-order valence-corrected chi connectivity index (χ2v) is 4.67. The zero-order valence-electron chi connectivity index (χ0n) is 10.3. The SMILES string of the molecule is CC(C)N(C)C(=O)CN1CC(N)CCC1=O. The van der Waals surface area contributed by atoms with Crippen molar-refractivity contribution in [3.05, 3.63) is 0 Å². The molecule has 0 aromatic heterocycles. The molecular weight excluding hydrogens is 206 g/mol. The smallest absolute Gasteiger partial charge is 0.242 e. The summed E-state index contributed by atoms with van der Waals surface area (Å²) in [5, 5.41) is 0. The van der Waals surface area contributed by atoms with E-state index in [1.54, 1.807) is 16.8 Å². The number of nitrogens with zero attached hydrogens (tertiary/aromatic N) is 2. The van der Waals surface area contributed by atoms with Gasteiger partial charge in [0, 0.05) is 32.1 Å². The number of likely N-dealkylation sites (tertiary alicyclic amines) is 1. The van der Waals surface area contributed by atoms with Crippen molar-refractivity contribution in [3.63, 3.8) is 0 Å². The molecule has 0 spiro atoms. The molecule has 0 aliphatic carbocycles. The molecule has 1 aliphatic heterocycles. The topological polar surface area (TPSA) is 66.6 Å². The first kappa shape index (κ1) is 13.0. The lowest BCUT2D eigenvalue weighted by molar-refractivity contribution is -0.142. The normalized spacial score (nSPS) is 21.4. The Morgan fingerprint density at radius 3 is 2.81 bits per heavy atom. The van der Waals surface area contributed by atoms with Gasteiger partial charge in [0.25, 0.3) is 0 Å². The number of nitrogens with two attached hydrogens (primary N) is 1. The maximum absolute atomic E-state index is 11.8. The van der Waals surface area contributed by atoms with Gasteiger partial charge in [0.2, 0.25) is 11.8 Å². The minimum Gasteiger partial charge on any atom is -0.342 e. The Hall–Kier alpha value is -1.10. The van der Waals surface area contributed by atoms with E-state index in [-0.39, 0.29) is 30.4 Å². The van der Waals surface area contributed by atoms with Crippen LogP contribution in [0, 0.1) is 0 Å². The average Bonchev–Trinajstić information content (AvgIpc) is 2.22. The Bertz CT molecular complexity index is 278. The fraction of sp³-hybridized carbons (Fsp3) is 0.818. The Morgan fingerprint density at radius 2 is 2.25 bits per heavy atom. The maximum Gasteiger partial charge on any atom is 0.242 e. The molecule has 1 rings (SSSR count). The van der Waals surface area contributed by atoms with Crippen LogP contribution in [0.4, 0.5) is 0 Å². The third-order valence-corrected chi connectivity index (χ3v) is 3.03. The summed E-state index contributed by atoms with van der Waals surface area (Å²) in [4.78, 5) is 26.6. The molecule has 5 heteroatoms. The number of hydrogen-bond donors (Lipinski definition) is 1. The van der Waals surface area contributed by atoms with Gasteiger partial charge in [-0.1, -0.05) is 0 Å². The molecule has 1 atom stereocenters. The van der Waals surface area contributed by atoms with Gasteiger partial charge >= 0.3 is 0 Å². The summed E-state index contributed by atoms with van der Waals surface area (Å²) in [6, 6.07) is 0.163. The van der Waals surface area contributed by atoms with E-state index >= 15 is 0 Å². The summed E-state index contributed by atoms with van der Waals surface area (Å²) in [5.74, 6) is 0.00431. The molecule has 5 nitrogen and oxygen atoms in total. The average molecular weight is 227 g/mol. The molecule has 0 saturated carbocycles. The van der Waals surface area contributed by atoms with Gasteiger partial charge in [-0.25, -0.2) is 0 Å². The van der Waals surface area contributed by atoms with Crippen molar-refractivity contribution < 1.29 is 9.59 Å². The van der Waals surface area contributed by atoms with Crippen molar-refractivity contribution in [2.75, 3.05) is 20.1 Å². The third kappa shape index (κ3) is 3.20. The van der Waals surface area contributed by atoms with Crippen LogP contribution < -0.4 is 5.73 Å². The standard InChI is InChI=1S/C11H21N3O2/c1-8(2)13(3)11(16)7-14-6-9(12)4-5-10(14)15/h8-9H,4-7,12H2,1-3H3. The summed E-state index contributed by atoms with van der Waals surface area (Å²) >= 11 is 0. The summed E-state index contributed by atoms with van der Waals surface area (Å²) < 4.78 is 0. The largest absolute Gasteiger partial charge is 0.342 e. The lowest BCUT2D eigenvalue weighted by Gasteiger charge is -2.32. The van der Waals surface area contributed by atoms with Crippen LogP contribution in [0.25, 0.3) is 0 Å². The summed E-state index contributed by atoms with van der Waals surface area (Å²) in [5.41, 5.74) is 5.78. The number of rotatable bonds is 3. The molecule has 1 aliphatic rings. The van der Waals surface area contributed by atoms with E-state index in [4.69, 9.17) is 5.73 Å². The summed E-state index contributed by atoms with van der Waals surface area (Å²) in [7, 11) is 1.75. The highest BCUT2D eigenvalue weighted by Gasteiger charge is 2.26. The van der Waals surface area contributed by atoms with Gasteiger partial charge in [0.1, 0.15) is 0 Å². The molecule has 1 unspecified atom stereocenters. The van der Waals surface area contributed by atoms with Gasteiger partial charge in [-0.3, -0.25) is 9.59 Å². The zero-order valence-corrected chi connectivity index (χ0v) is 10.3. The van der Waals surface area contributed by atoms with Crippen molar-refractivity contribution >= 4 is 11.8 Å². The minimum atomic E-state index is -0.0301. The first-order chi connectivity index (χ1) is 7.41. The van der Waals surface area contributed by atoms with Crippen LogP contribution >= 0.6 is 0 Å². The molecule has 1 heterocycles. The molecule has 1 fully saturated rings. The molecular formula is C11H21N3O2. The van der Waals surface area contributed by atoms with Crippen molar-refractivity contribution in [1.29, 1.82) is 0 Å². The fourth-order valence-electron chi connectivity index (χ4n) is 1.66. The van der Waals surface area contributed by atoms with E-state index in [9.17, 15) is 9.59 Å². The molecule has 92 valence electrons. The Labute approximate surface area is 96.6 Å². The quantitative estimate of drug-likeness (QED) is 0.726. The van der Waals surface area contributed by atoms with Crippen molar-refractivity contribution in [2.24, 2.45) is 5.73 Å². The van der Waals surface area contributed by atoms with Gasteiger partial charge in [0.15, 0.2) is 0 Å². The maximum atomic E-state index is 11.8. The van der Waals surface area contributed by atoms with Crippen LogP contribution in [0.3, 0.4) is 0 Å². The number of piperidine rings is 1. The van der Waals surface area contributed by atoms with E-state index in [1.165, 1.54) is 0 Å². The van der Waals surface area contributed by atoms with Crippen molar-refractivity contribution in [1.82, 2.24) is 9.80 Å². The highest BCUT2D eigenvalue weighted by Crippen LogP contribution is 2.10. The number of carbonyl (C=O) groups is 2. The number of likely N-dealkylation sites (N-methyl/N-ethyl adjacent to an activating group) is 1. The Kier molecular flexibility index (Phi) is 4.29. The monoisotopic (exact) mass is 227 g/mol. The van der Waals surface area contributed by atoms with Gasteiger partial charge in [-0.15, -0.1) is 0 Å². The second kappa shape index (κ2) is 5.30. The highest BCUT2D eigenvalue weighted by atomic mass is 16.2. The minimum absolute atomic E-state index is 0.00913. The predicted molar refractivity (Wildman–Crippen MR) is 61.7 cm³/mol. The number of hydrogen-bond acceptors (Lipinski definition) is 3. The van der Waals surface area contributed by atoms with Crippen LogP contribution in [0.15, 0.2) is 0 Å². The molecule has 0 aromatic rings. The second-order valence-electron chi connectivity index (χ2n) is 4.67. The van der Waals surface area contributed by atoms with Crippen LogP contribution in [-0.2, 0) is 9.59 Å². The van der Waals surface area contributed by atoms with Gasteiger partial charge in [-0.2, -0.15) is 0 Å². The van der Waals surface area contributed by atoms with E-state index in [2.05, 4.69) is 0 Å².